The second-order valence-electron chi connectivity index (χ2n) is 6.28. The van der Waals surface area contributed by atoms with Crippen LogP contribution in [0.4, 0.5) is 5.69 Å². The topological polar surface area (TPSA) is 69.7 Å². The van der Waals surface area contributed by atoms with Crippen LogP contribution in [-0.4, -0.2) is 42.8 Å². The highest BCUT2D eigenvalue weighted by molar-refractivity contribution is 5.94. The minimum atomic E-state index is -0.293. The molecule has 0 spiro atoms. The highest BCUT2D eigenvalue weighted by Crippen LogP contribution is 2.23. The summed E-state index contributed by atoms with van der Waals surface area (Å²) in [7, 11) is 1.55. The normalized spacial score (nSPS) is 15.4. The van der Waals surface area contributed by atoms with Crippen LogP contribution in [0.25, 0.3) is 0 Å². The fraction of sp³-hybridized carbons (Fsp3) is 0.421. The third-order valence-electron chi connectivity index (χ3n) is 4.34. The first-order valence-electron chi connectivity index (χ1n) is 8.49. The van der Waals surface area contributed by atoms with Crippen LogP contribution in [0, 0.1) is 0 Å². The first kappa shape index (κ1) is 18.7. The van der Waals surface area contributed by atoms with E-state index in [1.54, 1.807) is 7.05 Å². The number of piperidine rings is 1. The minimum Gasteiger partial charge on any atom is -0.348 e. The Morgan fingerprint density at radius 3 is 2.60 bits per heavy atom. The Balaban J connectivity index is 1.94. The van der Waals surface area contributed by atoms with Gasteiger partial charge in [0, 0.05) is 25.7 Å². The van der Waals surface area contributed by atoms with Gasteiger partial charge < -0.3 is 15.1 Å². The van der Waals surface area contributed by atoms with E-state index in [4.69, 9.17) is 0 Å². The zero-order valence-electron chi connectivity index (χ0n) is 14.8. The number of hydrogen-bond acceptors (Lipinski definition) is 3. The molecular formula is C19H25N3O3. The van der Waals surface area contributed by atoms with Crippen molar-refractivity contribution in [3.8, 4) is 0 Å². The van der Waals surface area contributed by atoms with Crippen LogP contribution in [0.1, 0.15) is 37.8 Å². The Bertz CT molecular complexity index is 654. The predicted molar refractivity (Wildman–Crippen MR) is 97.0 cm³/mol. The molecule has 1 fully saturated rings. The molecule has 6 nitrogen and oxygen atoms in total. The number of carbonyl (C=O) groups excluding carboxylic acids is 3. The van der Waals surface area contributed by atoms with Crippen molar-refractivity contribution in [2.45, 2.75) is 32.2 Å². The fourth-order valence-corrected chi connectivity index (χ4v) is 2.84. The zero-order chi connectivity index (χ0) is 18.4. The molecule has 0 radical (unpaired) electrons. The van der Waals surface area contributed by atoms with Gasteiger partial charge in [-0.05, 0) is 43.5 Å². The first-order valence-corrected chi connectivity index (χ1v) is 8.49. The standard InChI is InChI=1S/C19H25N3O3/c1-4-18(24)21(3)13-17(23)20-14(2)15-8-10-16(11-9-15)22-12-6-5-7-19(22)25/h4,8-11,14H,1,5-7,12-13H2,2-3H3,(H,20,23). The van der Waals surface area contributed by atoms with Crippen LogP contribution in [0.2, 0.25) is 0 Å². The number of benzene rings is 1. The number of amides is 3. The Labute approximate surface area is 148 Å². The van der Waals surface area contributed by atoms with Crippen LogP contribution in [0.5, 0.6) is 0 Å². The lowest BCUT2D eigenvalue weighted by molar-refractivity contribution is -0.131. The lowest BCUT2D eigenvalue weighted by Crippen LogP contribution is -2.38. The molecule has 1 saturated heterocycles. The third kappa shape index (κ3) is 4.92. The van der Waals surface area contributed by atoms with Gasteiger partial charge in [-0.25, -0.2) is 0 Å². The molecule has 1 atom stereocenters. The summed E-state index contributed by atoms with van der Waals surface area (Å²) in [6.45, 7) is 6.02. The van der Waals surface area contributed by atoms with Gasteiger partial charge in [-0.15, -0.1) is 0 Å². The molecule has 3 amide bonds. The number of likely N-dealkylation sites (N-methyl/N-ethyl adjacent to an activating group) is 1. The number of nitrogens with zero attached hydrogens (tertiary/aromatic N) is 2. The van der Waals surface area contributed by atoms with E-state index in [0.29, 0.717) is 6.42 Å². The first-order chi connectivity index (χ1) is 11.9. The van der Waals surface area contributed by atoms with Crippen molar-refractivity contribution >= 4 is 23.4 Å². The quantitative estimate of drug-likeness (QED) is 0.804. The predicted octanol–water partition coefficient (Wildman–Crippen LogP) is 2.03. The number of rotatable bonds is 6. The molecule has 0 aliphatic carbocycles. The van der Waals surface area contributed by atoms with Crippen molar-refractivity contribution in [1.82, 2.24) is 10.2 Å². The molecule has 1 aromatic carbocycles. The highest BCUT2D eigenvalue weighted by atomic mass is 16.2. The Hall–Kier alpha value is -2.63. The molecule has 0 bridgehead atoms. The van der Waals surface area contributed by atoms with E-state index >= 15 is 0 Å². The van der Waals surface area contributed by atoms with E-state index in [0.717, 1.165) is 30.6 Å². The van der Waals surface area contributed by atoms with Gasteiger partial charge in [0.15, 0.2) is 0 Å². The molecule has 1 aromatic rings. The third-order valence-corrected chi connectivity index (χ3v) is 4.34. The average Bonchev–Trinajstić information content (AvgIpc) is 2.61. The summed E-state index contributed by atoms with van der Waals surface area (Å²) in [5.41, 5.74) is 1.84. The molecule has 134 valence electrons. The van der Waals surface area contributed by atoms with Gasteiger partial charge in [-0.3, -0.25) is 14.4 Å². The largest absolute Gasteiger partial charge is 0.348 e. The van der Waals surface area contributed by atoms with E-state index < -0.39 is 0 Å². The maximum atomic E-state index is 12.0. The molecule has 25 heavy (non-hydrogen) atoms. The average molecular weight is 343 g/mol. The smallest absolute Gasteiger partial charge is 0.246 e. The van der Waals surface area contributed by atoms with E-state index in [2.05, 4.69) is 11.9 Å². The lowest BCUT2D eigenvalue weighted by Gasteiger charge is -2.27. The summed E-state index contributed by atoms with van der Waals surface area (Å²) >= 11 is 0. The second-order valence-corrected chi connectivity index (χ2v) is 6.28. The number of nitrogens with one attached hydrogen (secondary N) is 1. The van der Waals surface area contributed by atoms with Crippen molar-refractivity contribution in [3.63, 3.8) is 0 Å². The Morgan fingerprint density at radius 2 is 2.00 bits per heavy atom. The molecule has 1 unspecified atom stereocenters. The number of carbonyl (C=O) groups is 3. The van der Waals surface area contributed by atoms with E-state index in [-0.39, 0.29) is 30.3 Å². The minimum absolute atomic E-state index is 0.0183. The summed E-state index contributed by atoms with van der Waals surface area (Å²) in [4.78, 5) is 38.5. The fourth-order valence-electron chi connectivity index (χ4n) is 2.84. The molecule has 0 aromatic heterocycles. The monoisotopic (exact) mass is 343 g/mol. The molecule has 1 aliphatic heterocycles. The van der Waals surface area contributed by atoms with Crippen molar-refractivity contribution in [2.75, 3.05) is 25.0 Å². The molecule has 6 heteroatoms. The summed E-state index contributed by atoms with van der Waals surface area (Å²) in [5, 5.41) is 2.87. The van der Waals surface area contributed by atoms with Gasteiger partial charge in [0.25, 0.3) is 0 Å². The second kappa shape index (κ2) is 8.46. The molecular weight excluding hydrogens is 318 g/mol. The zero-order valence-corrected chi connectivity index (χ0v) is 14.8. The maximum Gasteiger partial charge on any atom is 0.246 e. The molecule has 1 N–H and O–H groups in total. The van der Waals surface area contributed by atoms with Gasteiger partial charge in [-0.2, -0.15) is 0 Å². The number of anilines is 1. The van der Waals surface area contributed by atoms with Gasteiger partial charge in [0.05, 0.1) is 12.6 Å². The summed E-state index contributed by atoms with van der Waals surface area (Å²) in [6, 6.07) is 7.47. The van der Waals surface area contributed by atoms with E-state index in [1.807, 2.05) is 36.1 Å². The SMILES string of the molecule is C=CC(=O)N(C)CC(=O)NC(C)c1ccc(N2CCCCC2=O)cc1. The van der Waals surface area contributed by atoms with Gasteiger partial charge in [0.1, 0.15) is 0 Å². The van der Waals surface area contributed by atoms with Crippen molar-refractivity contribution in [1.29, 1.82) is 0 Å². The van der Waals surface area contributed by atoms with Crippen molar-refractivity contribution in [2.24, 2.45) is 0 Å². The van der Waals surface area contributed by atoms with Gasteiger partial charge in [0.2, 0.25) is 17.7 Å². The van der Waals surface area contributed by atoms with Crippen LogP contribution < -0.4 is 10.2 Å². The Kier molecular flexibility index (Phi) is 6.33. The van der Waals surface area contributed by atoms with Gasteiger partial charge in [-0.1, -0.05) is 18.7 Å². The van der Waals surface area contributed by atoms with Crippen LogP contribution in [0.15, 0.2) is 36.9 Å². The Morgan fingerprint density at radius 1 is 1.32 bits per heavy atom. The maximum absolute atomic E-state index is 12.0. The van der Waals surface area contributed by atoms with Crippen molar-refractivity contribution in [3.05, 3.63) is 42.5 Å². The van der Waals surface area contributed by atoms with Gasteiger partial charge >= 0.3 is 0 Å². The van der Waals surface area contributed by atoms with E-state index in [1.165, 1.54) is 11.0 Å². The molecule has 1 aliphatic rings. The van der Waals surface area contributed by atoms with Crippen LogP contribution in [-0.2, 0) is 14.4 Å². The molecule has 1 heterocycles. The van der Waals surface area contributed by atoms with Crippen LogP contribution >= 0.6 is 0 Å². The van der Waals surface area contributed by atoms with E-state index in [9.17, 15) is 14.4 Å². The number of hydrogen-bond donors (Lipinski definition) is 1. The van der Waals surface area contributed by atoms with Crippen molar-refractivity contribution < 1.29 is 14.4 Å². The summed E-state index contributed by atoms with van der Waals surface area (Å²) < 4.78 is 0. The molecule has 2 rings (SSSR count). The summed E-state index contributed by atoms with van der Waals surface area (Å²) in [5.74, 6) is -0.367. The molecule has 0 saturated carbocycles. The van der Waals surface area contributed by atoms with Crippen LogP contribution in [0.3, 0.4) is 0 Å². The highest BCUT2D eigenvalue weighted by Gasteiger charge is 2.20. The summed E-state index contributed by atoms with van der Waals surface area (Å²) in [6.07, 6.45) is 3.76. The lowest BCUT2D eigenvalue weighted by atomic mass is 10.1.